The van der Waals surface area contributed by atoms with E-state index in [-0.39, 0.29) is 12.6 Å². The number of fused-ring (bicyclic) bond motifs is 1. The van der Waals surface area contributed by atoms with Crippen LogP contribution in [0.15, 0.2) is 47.4 Å². The highest BCUT2D eigenvalue weighted by Gasteiger charge is 2.32. The fourth-order valence-electron chi connectivity index (χ4n) is 3.68. The third kappa shape index (κ3) is 3.75. The Morgan fingerprint density at radius 1 is 1.15 bits per heavy atom. The first kappa shape index (κ1) is 18.8. The molecule has 0 aliphatic carbocycles. The topological polar surface area (TPSA) is 77.9 Å². The molecular formula is C19H24N2O4S. The van der Waals surface area contributed by atoms with E-state index in [0.717, 1.165) is 10.8 Å². The van der Waals surface area contributed by atoms with Gasteiger partial charge >= 0.3 is 5.97 Å². The molecule has 1 aliphatic rings. The maximum absolute atomic E-state index is 13.1. The molecule has 0 bridgehead atoms. The summed E-state index contributed by atoms with van der Waals surface area (Å²) >= 11 is 0. The molecule has 1 N–H and O–H groups in total. The van der Waals surface area contributed by atoms with Crippen LogP contribution in [0.4, 0.5) is 0 Å². The highest BCUT2D eigenvalue weighted by molar-refractivity contribution is 7.89. The zero-order valence-electron chi connectivity index (χ0n) is 14.8. The highest BCUT2D eigenvalue weighted by atomic mass is 32.2. The molecule has 2 aromatic rings. The fourth-order valence-corrected chi connectivity index (χ4v) is 5.36. The molecule has 0 atom stereocenters. The zero-order valence-corrected chi connectivity index (χ0v) is 15.7. The molecule has 1 aliphatic heterocycles. The molecule has 2 aromatic carbocycles. The summed E-state index contributed by atoms with van der Waals surface area (Å²) in [4.78, 5) is 13.2. The van der Waals surface area contributed by atoms with Crippen LogP contribution in [0.3, 0.4) is 0 Å². The molecule has 26 heavy (non-hydrogen) atoms. The highest BCUT2D eigenvalue weighted by Crippen LogP contribution is 2.28. The van der Waals surface area contributed by atoms with Gasteiger partial charge in [0.25, 0.3) is 0 Å². The monoisotopic (exact) mass is 376 g/mol. The Hall–Kier alpha value is -1.96. The van der Waals surface area contributed by atoms with Crippen LogP contribution in [0.1, 0.15) is 19.8 Å². The van der Waals surface area contributed by atoms with E-state index in [0.29, 0.717) is 37.4 Å². The van der Waals surface area contributed by atoms with Gasteiger partial charge in [0.2, 0.25) is 10.0 Å². The van der Waals surface area contributed by atoms with Crippen molar-refractivity contribution in [1.29, 1.82) is 0 Å². The first-order valence-corrected chi connectivity index (χ1v) is 10.3. The number of hydrogen-bond donors (Lipinski definition) is 1. The molecule has 140 valence electrons. The summed E-state index contributed by atoms with van der Waals surface area (Å²) in [6.07, 6.45) is 1.29. The Kier molecular flexibility index (Phi) is 5.60. The van der Waals surface area contributed by atoms with E-state index in [9.17, 15) is 13.2 Å². The number of aliphatic carboxylic acids is 1. The van der Waals surface area contributed by atoms with Crippen molar-refractivity contribution in [2.24, 2.45) is 0 Å². The van der Waals surface area contributed by atoms with Crippen molar-refractivity contribution in [3.8, 4) is 0 Å². The van der Waals surface area contributed by atoms with Crippen LogP contribution in [0.2, 0.25) is 0 Å². The Balaban J connectivity index is 1.79. The smallest absolute Gasteiger partial charge is 0.317 e. The second-order valence-electron chi connectivity index (χ2n) is 6.57. The summed E-state index contributed by atoms with van der Waals surface area (Å²) in [5.74, 6) is -0.849. The predicted molar refractivity (Wildman–Crippen MR) is 101 cm³/mol. The van der Waals surface area contributed by atoms with Gasteiger partial charge in [0.05, 0.1) is 11.4 Å². The van der Waals surface area contributed by atoms with E-state index in [2.05, 4.69) is 0 Å². The molecule has 1 fully saturated rings. The Morgan fingerprint density at radius 2 is 1.81 bits per heavy atom. The van der Waals surface area contributed by atoms with E-state index in [1.54, 1.807) is 12.1 Å². The van der Waals surface area contributed by atoms with Crippen LogP contribution in [-0.4, -0.2) is 60.9 Å². The lowest BCUT2D eigenvalue weighted by Crippen LogP contribution is -2.48. The van der Waals surface area contributed by atoms with E-state index in [1.807, 2.05) is 42.2 Å². The summed E-state index contributed by atoms with van der Waals surface area (Å²) in [6, 6.07) is 12.9. The maximum Gasteiger partial charge on any atom is 0.317 e. The van der Waals surface area contributed by atoms with Crippen LogP contribution < -0.4 is 0 Å². The fraction of sp³-hybridized carbons (Fsp3) is 0.421. The second kappa shape index (κ2) is 7.73. The van der Waals surface area contributed by atoms with Gasteiger partial charge in [-0.05, 0) is 30.8 Å². The number of nitrogens with zero attached hydrogens (tertiary/aromatic N) is 2. The molecule has 1 heterocycles. The number of hydrogen-bond acceptors (Lipinski definition) is 4. The van der Waals surface area contributed by atoms with Gasteiger partial charge in [-0.2, -0.15) is 4.31 Å². The number of sulfonamides is 1. The minimum atomic E-state index is -3.57. The van der Waals surface area contributed by atoms with Crippen molar-refractivity contribution in [3.05, 3.63) is 42.5 Å². The van der Waals surface area contributed by atoms with Crippen molar-refractivity contribution in [2.45, 2.75) is 30.7 Å². The van der Waals surface area contributed by atoms with Crippen molar-refractivity contribution in [2.75, 3.05) is 26.2 Å². The summed E-state index contributed by atoms with van der Waals surface area (Å²) in [7, 11) is -3.57. The van der Waals surface area contributed by atoms with Crippen LogP contribution in [0, 0.1) is 0 Å². The Labute approximate surface area is 154 Å². The summed E-state index contributed by atoms with van der Waals surface area (Å²) in [6.45, 7) is 3.39. The van der Waals surface area contributed by atoms with Crippen molar-refractivity contribution in [1.82, 2.24) is 9.21 Å². The van der Waals surface area contributed by atoms with Crippen molar-refractivity contribution >= 4 is 26.8 Å². The first-order chi connectivity index (χ1) is 12.4. The van der Waals surface area contributed by atoms with E-state index < -0.39 is 16.0 Å². The zero-order chi connectivity index (χ0) is 18.7. The molecule has 0 aromatic heterocycles. The molecule has 0 saturated carbocycles. The van der Waals surface area contributed by atoms with Crippen LogP contribution >= 0.6 is 0 Å². The number of likely N-dealkylation sites (N-methyl/N-ethyl adjacent to an activating group) is 1. The first-order valence-electron chi connectivity index (χ1n) is 8.87. The number of benzene rings is 2. The number of carboxylic acids is 1. The van der Waals surface area contributed by atoms with Crippen LogP contribution in [0.5, 0.6) is 0 Å². The van der Waals surface area contributed by atoms with E-state index in [1.165, 1.54) is 4.31 Å². The lowest BCUT2D eigenvalue weighted by Gasteiger charge is -2.37. The molecule has 1 saturated heterocycles. The van der Waals surface area contributed by atoms with Gasteiger partial charge in [0.1, 0.15) is 0 Å². The molecule has 0 radical (unpaired) electrons. The molecule has 3 rings (SSSR count). The molecule has 6 nitrogen and oxygen atoms in total. The Morgan fingerprint density at radius 3 is 2.46 bits per heavy atom. The van der Waals surface area contributed by atoms with Gasteiger partial charge in [0, 0.05) is 24.5 Å². The van der Waals surface area contributed by atoms with Crippen LogP contribution in [-0.2, 0) is 14.8 Å². The lowest BCUT2D eigenvalue weighted by atomic mass is 10.0. The van der Waals surface area contributed by atoms with Gasteiger partial charge in [-0.25, -0.2) is 8.42 Å². The van der Waals surface area contributed by atoms with Gasteiger partial charge < -0.3 is 5.11 Å². The second-order valence-corrected chi connectivity index (χ2v) is 8.48. The van der Waals surface area contributed by atoms with Crippen LogP contribution in [0.25, 0.3) is 10.8 Å². The predicted octanol–water partition coefficient (Wildman–Crippen LogP) is 2.40. The molecule has 0 unspecified atom stereocenters. The van der Waals surface area contributed by atoms with Gasteiger partial charge in [-0.1, -0.05) is 43.3 Å². The molecule has 7 heteroatoms. The summed E-state index contributed by atoms with van der Waals surface area (Å²) < 4.78 is 27.8. The van der Waals surface area contributed by atoms with E-state index in [4.69, 9.17) is 5.11 Å². The standard InChI is InChI=1S/C19H24N2O4S/c1-2-20(14-19(22)23)16-10-12-21(13-11-16)26(24,25)18-9-5-7-15-6-3-4-8-17(15)18/h3-9,16H,2,10-14H2,1H3,(H,22,23). The van der Waals surface area contributed by atoms with Gasteiger partial charge in [-0.15, -0.1) is 0 Å². The largest absolute Gasteiger partial charge is 0.480 e. The minimum Gasteiger partial charge on any atom is -0.480 e. The lowest BCUT2D eigenvalue weighted by molar-refractivity contribution is -0.139. The molecule has 0 amide bonds. The summed E-state index contributed by atoms with van der Waals surface area (Å²) in [5, 5.41) is 10.7. The summed E-state index contributed by atoms with van der Waals surface area (Å²) in [5.41, 5.74) is 0. The number of piperidine rings is 1. The van der Waals surface area contributed by atoms with Crippen molar-refractivity contribution in [3.63, 3.8) is 0 Å². The number of carboxylic acid groups (broad SMARTS) is 1. The number of carbonyl (C=O) groups is 1. The molecular weight excluding hydrogens is 352 g/mol. The maximum atomic E-state index is 13.1. The van der Waals surface area contributed by atoms with Gasteiger partial charge in [0.15, 0.2) is 0 Å². The minimum absolute atomic E-state index is 0.00274. The van der Waals surface area contributed by atoms with E-state index >= 15 is 0 Å². The SMILES string of the molecule is CCN(CC(=O)O)C1CCN(S(=O)(=O)c2cccc3ccccc23)CC1. The van der Waals surface area contributed by atoms with Gasteiger partial charge in [-0.3, -0.25) is 9.69 Å². The number of rotatable bonds is 6. The van der Waals surface area contributed by atoms with Crippen molar-refractivity contribution < 1.29 is 18.3 Å². The quantitative estimate of drug-likeness (QED) is 0.838. The average Bonchev–Trinajstić information content (AvgIpc) is 2.65. The molecule has 0 spiro atoms. The normalized spacial score (nSPS) is 17.0. The third-order valence-corrected chi connectivity index (χ3v) is 7.01. The average molecular weight is 376 g/mol. The Bertz CT molecular complexity index is 884. The third-order valence-electron chi connectivity index (χ3n) is 5.05.